The van der Waals surface area contributed by atoms with Gasteiger partial charge in [0.1, 0.15) is 19.3 Å². The zero-order valence-electron chi connectivity index (χ0n) is 45.9. The van der Waals surface area contributed by atoms with Gasteiger partial charge in [0.05, 0.1) is 34.4 Å². The van der Waals surface area contributed by atoms with Crippen molar-refractivity contribution in [3.05, 3.63) is 0 Å². The fraction of sp³-hybridized carbons (Fsp3) is 0.983. The van der Waals surface area contributed by atoms with E-state index < -0.39 is 13.9 Å². The number of hydrogen-bond acceptors (Lipinski definition) is 6. The number of rotatable bonds is 57. The Morgan fingerprint density at radius 3 is 0.985 bits per heavy atom. The molecule has 0 bridgehead atoms. The minimum absolute atomic E-state index is 0.0943. The van der Waals surface area contributed by atoms with Gasteiger partial charge >= 0.3 is 13.8 Å². The molecule has 0 radical (unpaired) electrons. The molecule has 0 aliphatic heterocycles. The van der Waals surface area contributed by atoms with E-state index in [1.165, 1.54) is 257 Å². The van der Waals surface area contributed by atoms with Crippen molar-refractivity contribution in [2.24, 2.45) is 0 Å². The van der Waals surface area contributed by atoms with Crippen LogP contribution < -0.4 is 0 Å². The third kappa shape index (κ3) is 56.3. The maximum atomic E-state index is 12.8. The Bertz CT molecular complexity index is 1040. The van der Waals surface area contributed by atoms with Crippen LogP contribution in [0.1, 0.15) is 309 Å². The fourth-order valence-electron chi connectivity index (χ4n) is 9.09. The summed E-state index contributed by atoms with van der Waals surface area (Å²) in [5.41, 5.74) is 0. The van der Waals surface area contributed by atoms with E-state index in [1.54, 1.807) is 0 Å². The standard InChI is InChI=1S/C58H118NO7P/c1-6-8-10-12-14-16-18-20-22-23-24-25-26-27-28-29-30-31-32-33-34-35-36-37-38-39-41-43-45-47-49-51-58(60)66-57(56-65-67(61,62)64-54-52-59(3,4)5)55-63-53-50-48-46-44-42-40-21-19-17-15-13-11-9-7-2/h57H,6-56H2,1-5H3/p+1/t57-/m1/s1. The number of nitrogens with zero attached hydrogens (tertiary/aromatic N) is 1. The Labute approximate surface area is 418 Å². The number of quaternary nitrogens is 1. The van der Waals surface area contributed by atoms with E-state index in [9.17, 15) is 14.3 Å². The summed E-state index contributed by atoms with van der Waals surface area (Å²) < 4.78 is 35.2. The van der Waals surface area contributed by atoms with Crippen LogP contribution in [0.4, 0.5) is 0 Å². The average molecular weight is 974 g/mol. The van der Waals surface area contributed by atoms with Gasteiger partial charge in [0.2, 0.25) is 0 Å². The fourth-order valence-corrected chi connectivity index (χ4v) is 9.83. The van der Waals surface area contributed by atoms with E-state index in [0.29, 0.717) is 24.1 Å². The number of carbonyl (C=O) groups excluding carboxylic acids is 1. The topological polar surface area (TPSA) is 91.3 Å². The van der Waals surface area contributed by atoms with Gasteiger partial charge in [-0.05, 0) is 12.8 Å². The zero-order valence-corrected chi connectivity index (χ0v) is 46.8. The third-order valence-corrected chi connectivity index (χ3v) is 14.7. The predicted octanol–water partition coefficient (Wildman–Crippen LogP) is 18.7. The molecule has 0 fully saturated rings. The molecule has 1 unspecified atom stereocenters. The maximum absolute atomic E-state index is 12.8. The first-order valence-corrected chi connectivity index (χ1v) is 31.3. The van der Waals surface area contributed by atoms with Crippen LogP contribution in [0.15, 0.2) is 0 Å². The second kappa shape index (κ2) is 51.8. The lowest BCUT2D eigenvalue weighted by Gasteiger charge is -2.24. The summed E-state index contributed by atoms with van der Waals surface area (Å²) in [5.74, 6) is -0.303. The second-order valence-corrected chi connectivity index (χ2v) is 23.2. The minimum atomic E-state index is -4.27. The summed E-state index contributed by atoms with van der Waals surface area (Å²) in [6, 6.07) is 0. The largest absolute Gasteiger partial charge is 0.472 e. The second-order valence-electron chi connectivity index (χ2n) is 21.8. The molecule has 9 heteroatoms. The summed E-state index contributed by atoms with van der Waals surface area (Å²) in [6.45, 7) is 5.71. The van der Waals surface area contributed by atoms with Crippen molar-refractivity contribution in [3.63, 3.8) is 0 Å². The lowest BCUT2D eigenvalue weighted by Crippen LogP contribution is -2.37. The van der Waals surface area contributed by atoms with Gasteiger partial charge in [-0.25, -0.2) is 4.57 Å². The van der Waals surface area contributed by atoms with Crippen LogP contribution in [0.25, 0.3) is 0 Å². The monoisotopic (exact) mass is 973 g/mol. The molecular formula is C58H119NO7P+. The van der Waals surface area contributed by atoms with E-state index in [-0.39, 0.29) is 25.8 Å². The molecular weight excluding hydrogens is 854 g/mol. The van der Waals surface area contributed by atoms with Crippen molar-refractivity contribution in [3.8, 4) is 0 Å². The van der Waals surface area contributed by atoms with E-state index in [0.717, 1.165) is 32.1 Å². The maximum Gasteiger partial charge on any atom is 0.472 e. The van der Waals surface area contributed by atoms with E-state index in [1.807, 2.05) is 21.1 Å². The number of ether oxygens (including phenoxy) is 2. The van der Waals surface area contributed by atoms with Gasteiger partial charge in [0.25, 0.3) is 0 Å². The molecule has 1 N–H and O–H groups in total. The normalized spacial score (nSPS) is 13.3. The third-order valence-electron chi connectivity index (χ3n) is 13.7. The quantitative estimate of drug-likeness (QED) is 0.0281. The Morgan fingerprint density at radius 1 is 0.403 bits per heavy atom. The molecule has 0 aliphatic carbocycles. The molecule has 2 atom stereocenters. The number of unbranched alkanes of at least 4 members (excludes halogenated alkanes) is 43. The molecule has 0 aromatic carbocycles. The van der Waals surface area contributed by atoms with Gasteiger partial charge in [-0.1, -0.05) is 290 Å². The Kier molecular flexibility index (Phi) is 51.5. The van der Waals surface area contributed by atoms with Gasteiger partial charge in [-0.2, -0.15) is 0 Å². The van der Waals surface area contributed by atoms with Crippen molar-refractivity contribution in [2.75, 3.05) is 54.1 Å². The number of phosphoric acid groups is 1. The first kappa shape index (κ1) is 66.5. The summed E-state index contributed by atoms with van der Waals surface area (Å²) in [4.78, 5) is 23.1. The molecule has 0 saturated heterocycles. The summed E-state index contributed by atoms with van der Waals surface area (Å²) in [7, 11) is 1.69. The molecule has 0 aromatic rings. The van der Waals surface area contributed by atoms with Crippen LogP contribution in [0.3, 0.4) is 0 Å². The van der Waals surface area contributed by atoms with Crippen LogP contribution in [0.5, 0.6) is 0 Å². The molecule has 0 spiro atoms. The molecule has 0 saturated carbocycles. The number of esters is 1. The van der Waals surface area contributed by atoms with E-state index in [4.69, 9.17) is 18.5 Å². The highest BCUT2D eigenvalue weighted by Crippen LogP contribution is 2.43. The number of hydrogen-bond donors (Lipinski definition) is 1. The van der Waals surface area contributed by atoms with Gasteiger partial charge in [-0.15, -0.1) is 0 Å². The van der Waals surface area contributed by atoms with E-state index >= 15 is 0 Å². The SMILES string of the molecule is CCCCCCCCCCCCCCCCCCCCCCCCCCCCCCCCCC(=O)O[C@H](COCCCCCCCCCCCCCCCC)COP(=O)(O)OCC[N+](C)(C)C. The molecule has 67 heavy (non-hydrogen) atoms. The highest BCUT2D eigenvalue weighted by Gasteiger charge is 2.26. The average Bonchev–Trinajstić information content (AvgIpc) is 3.29. The zero-order chi connectivity index (χ0) is 49.0. The van der Waals surface area contributed by atoms with Crippen LogP contribution in [-0.2, 0) is 27.9 Å². The molecule has 0 heterocycles. The lowest BCUT2D eigenvalue weighted by molar-refractivity contribution is -0.870. The molecule has 8 nitrogen and oxygen atoms in total. The van der Waals surface area contributed by atoms with Gasteiger partial charge in [-0.3, -0.25) is 13.8 Å². The molecule has 0 amide bonds. The van der Waals surface area contributed by atoms with Crippen molar-refractivity contribution in [1.29, 1.82) is 0 Å². The number of carbonyl (C=O) groups is 1. The smallest absolute Gasteiger partial charge is 0.457 e. The Balaban J connectivity index is 3.88. The van der Waals surface area contributed by atoms with Gasteiger partial charge in [0.15, 0.2) is 0 Å². The highest BCUT2D eigenvalue weighted by molar-refractivity contribution is 7.47. The lowest BCUT2D eigenvalue weighted by atomic mass is 10.0. The summed E-state index contributed by atoms with van der Waals surface area (Å²) >= 11 is 0. The van der Waals surface area contributed by atoms with Gasteiger partial charge < -0.3 is 18.9 Å². The van der Waals surface area contributed by atoms with Crippen molar-refractivity contribution < 1.29 is 37.3 Å². The first-order valence-electron chi connectivity index (χ1n) is 29.8. The predicted molar refractivity (Wildman–Crippen MR) is 289 cm³/mol. The molecule has 0 rings (SSSR count). The number of phosphoric ester groups is 1. The van der Waals surface area contributed by atoms with Crippen molar-refractivity contribution >= 4 is 13.8 Å². The first-order chi connectivity index (χ1) is 32.6. The van der Waals surface area contributed by atoms with Crippen LogP contribution in [0.2, 0.25) is 0 Å². The van der Waals surface area contributed by atoms with Gasteiger partial charge in [0, 0.05) is 13.0 Å². The Hall–Kier alpha value is -0.500. The Morgan fingerprint density at radius 2 is 0.687 bits per heavy atom. The van der Waals surface area contributed by atoms with Crippen molar-refractivity contribution in [2.45, 2.75) is 315 Å². The minimum Gasteiger partial charge on any atom is -0.457 e. The highest BCUT2D eigenvalue weighted by atomic mass is 31.2. The summed E-state index contributed by atoms with van der Waals surface area (Å²) in [5, 5.41) is 0. The summed E-state index contributed by atoms with van der Waals surface area (Å²) in [6.07, 6.45) is 60.4. The number of likely N-dealkylation sites (N-methyl/N-ethyl adjacent to an activating group) is 1. The van der Waals surface area contributed by atoms with Crippen molar-refractivity contribution in [1.82, 2.24) is 0 Å². The molecule has 0 aliphatic rings. The van der Waals surface area contributed by atoms with Crippen LogP contribution >= 0.6 is 7.82 Å². The molecule has 402 valence electrons. The van der Waals surface area contributed by atoms with E-state index in [2.05, 4.69) is 13.8 Å². The van der Waals surface area contributed by atoms with Crippen LogP contribution in [0, 0.1) is 0 Å². The molecule has 0 aromatic heterocycles. The van der Waals surface area contributed by atoms with Crippen LogP contribution in [-0.4, -0.2) is 75.6 Å².